The first-order valence-corrected chi connectivity index (χ1v) is 3.63. The van der Waals surface area contributed by atoms with Gasteiger partial charge in [-0.15, -0.1) is 0 Å². The maximum absolute atomic E-state index is 5.84. The van der Waals surface area contributed by atoms with E-state index in [1.54, 1.807) is 6.08 Å². The highest BCUT2D eigenvalue weighted by atomic mass is 35.5. The van der Waals surface area contributed by atoms with Gasteiger partial charge in [0, 0.05) is 5.03 Å². The molecule has 0 fully saturated rings. The van der Waals surface area contributed by atoms with E-state index in [0.717, 1.165) is 16.2 Å². The second-order valence-electron chi connectivity index (χ2n) is 2.15. The zero-order chi connectivity index (χ0) is 8.15. The van der Waals surface area contributed by atoms with E-state index in [1.807, 2.05) is 26.8 Å². The molecule has 0 aromatic carbocycles. The van der Waals surface area contributed by atoms with E-state index in [1.165, 1.54) is 0 Å². The van der Waals surface area contributed by atoms with Crippen molar-refractivity contribution < 1.29 is 0 Å². The molecule has 1 heteroatoms. The molecule has 0 N–H and O–H groups in total. The average molecular weight is 157 g/mol. The summed E-state index contributed by atoms with van der Waals surface area (Å²) in [5, 5.41) is 0.803. The van der Waals surface area contributed by atoms with E-state index in [4.69, 9.17) is 11.6 Å². The van der Waals surface area contributed by atoms with E-state index in [9.17, 15) is 0 Å². The fourth-order valence-electron chi connectivity index (χ4n) is 0.558. The highest BCUT2D eigenvalue weighted by molar-refractivity contribution is 6.31. The van der Waals surface area contributed by atoms with Gasteiger partial charge >= 0.3 is 0 Å². The summed E-state index contributed by atoms with van der Waals surface area (Å²) in [7, 11) is 0. The second-order valence-corrected chi connectivity index (χ2v) is 2.56. The van der Waals surface area contributed by atoms with Crippen LogP contribution in [0.15, 0.2) is 34.9 Å². The summed E-state index contributed by atoms with van der Waals surface area (Å²) in [6, 6.07) is 0. The predicted molar refractivity (Wildman–Crippen MR) is 48.2 cm³/mol. The van der Waals surface area contributed by atoms with E-state index < -0.39 is 0 Å². The van der Waals surface area contributed by atoms with Gasteiger partial charge in [-0.3, -0.25) is 0 Å². The summed E-state index contributed by atoms with van der Waals surface area (Å²) < 4.78 is 0. The monoisotopic (exact) mass is 156 g/mol. The largest absolute Gasteiger partial charge is 0.0988 e. The molecular weight excluding hydrogens is 144 g/mol. The summed E-state index contributed by atoms with van der Waals surface area (Å²) in [6.07, 6.45) is 3.69. The highest BCUT2D eigenvalue weighted by Crippen LogP contribution is 2.17. The van der Waals surface area contributed by atoms with Crippen LogP contribution in [0.3, 0.4) is 0 Å². The van der Waals surface area contributed by atoms with Gasteiger partial charge in [-0.25, -0.2) is 0 Å². The van der Waals surface area contributed by atoms with Crippen molar-refractivity contribution in [3.05, 3.63) is 34.9 Å². The van der Waals surface area contributed by atoms with Gasteiger partial charge < -0.3 is 0 Å². The van der Waals surface area contributed by atoms with Crippen LogP contribution in [0.25, 0.3) is 0 Å². The molecular formula is C9H13Cl. The first-order chi connectivity index (χ1) is 4.63. The fourth-order valence-corrected chi connectivity index (χ4v) is 0.707. The van der Waals surface area contributed by atoms with Gasteiger partial charge in [0.2, 0.25) is 0 Å². The smallest absolute Gasteiger partial charge is 0.0395 e. The van der Waals surface area contributed by atoms with Crippen molar-refractivity contribution >= 4 is 11.6 Å². The molecule has 0 saturated heterocycles. The van der Waals surface area contributed by atoms with Crippen LogP contribution in [-0.4, -0.2) is 0 Å². The van der Waals surface area contributed by atoms with Gasteiger partial charge in [-0.05, 0) is 31.9 Å². The normalized spacial score (nSPS) is 14.6. The summed E-state index contributed by atoms with van der Waals surface area (Å²) in [5.74, 6) is 0. The van der Waals surface area contributed by atoms with Gasteiger partial charge in [0.25, 0.3) is 0 Å². The van der Waals surface area contributed by atoms with Crippen LogP contribution >= 0.6 is 11.6 Å². The van der Waals surface area contributed by atoms with Crippen LogP contribution < -0.4 is 0 Å². The van der Waals surface area contributed by atoms with Gasteiger partial charge in [-0.2, -0.15) is 0 Å². The summed E-state index contributed by atoms with van der Waals surface area (Å²) >= 11 is 5.84. The maximum Gasteiger partial charge on any atom is 0.0395 e. The topological polar surface area (TPSA) is 0 Å². The lowest BCUT2D eigenvalue weighted by Gasteiger charge is -2.00. The Morgan fingerprint density at radius 2 is 1.90 bits per heavy atom. The number of hydrogen-bond donors (Lipinski definition) is 0. The van der Waals surface area contributed by atoms with E-state index in [2.05, 4.69) is 6.58 Å². The SMILES string of the molecule is C=C/C(C)=C(C)\C(Cl)=C/C. The third kappa shape index (κ3) is 2.40. The molecule has 0 bridgehead atoms. The molecule has 0 amide bonds. The summed E-state index contributed by atoms with van der Waals surface area (Å²) in [4.78, 5) is 0. The van der Waals surface area contributed by atoms with Crippen molar-refractivity contribution in [1.82, 2.24) is 0 Å². The van der Waals surface area contributed by atoms with Gasteiger partial charge in [-0.1, -0.05) is 30.3 Å². The van der Waals surface area contributed by atoms with E-state index in [-0.39, 0.29) is 0 Å². The first-order valence-electron chi connectivity index (χ1n) is 3.25. The molecule has 0 aromatic rings. The molecule has 0 atom stereocenters. The molecule has 10 heavy (non-hydrogen) atoms. The predicted octanol–water partition coefficient (Wildman–Crippen LogP) is 3.65. The van der Waals surface area contributed by atoms with E-state index >= 15 is 0 Å². The zero-order valence-electron chi connectivity index (χ0n) is 6.74. The van der Waals surface area contributed by atoms with Crippen molar-refractivity contribution in [2.45, 2.75) is 20.8 Å². The first kappa shape index (κ1) is 9.51. The minimum atomic E-state index is 0.803. The molecule has 0 aliphatic carbocycles. The average Bonchev–Trinajstić information content (AvgIpc) is 2.00. The molecule has 0 unspecified atom stereocenters. The number of halogens is 1. The Hall–Kier alpha value is -0.490. The third-order valence-electron chi connectivity index (χ3n) is 1.51. The molecule has 0 aliphatic rings. The molecule has 0 nitrogen and oxygen atoms in total. The zero-order valence-corrected chi connectivity index (χ0v) is 7.50. The lowest BCUT2D eigenvalue weighted by molar-refractivity contribution is 1.35. The highest BCUT2D eigenvalue weighted by Gasteiger charge is 1.95. The van der Waals surface area contributed by atoms with Gasteiger partial charge in [0.05, 0.1) is 0 Å². The van der Waals surface area contributed by atoms with Gasteiger partial charge in [0.15, 0.2) is 0 Å². The van der Waals surface area contributed by atoms with Crippen molar-refractivity contribution in [2.75, 3.05) is 0 Å². The van der Waals surface area contributed by atoms with Crippen LogP contribution in [0.1, 0.15) is 20.8 Å². The molecule has 0 radical (unpaired) electrons. The lowest BCUT2D eigenvalue weighted by Crippen LogP contribution is -1.79. The number of allylic oxidation sites excluding steroid dienone is 5. The molecule has 0 heterocycles. The lowest BCUT2D eigenvalue weighted by atomic mass is 10.1. The number of hydrogen-bond acceptors (Lipinski definition) is 0. The fraction of sp³-hybridized carbons (Fsp3) is 0.333. The Balaban J connectivity index is 4.63. The Kier molecular flexibility index (Phi) is 4.13. The number of rotatable bonds is 2. The van der Waals surface area contributed by atoms with Crippen LogP contribution in [0.4, 0.5) is 0 Å². The molecule has 0 aromatic heterocycles. The summed E-state index contributed by atoms with van der Waals surface area (Å²) in [6.45, 7) is 9.55. The van der Waals surface area contributed by atoms with Crippen LogP contribution in [0, 0.1) is 0 Å². The Morgan fingerprint density at radius 1 is 1.40 bits per heavy atom. The third-order valence-corrected chi connectivity index (χ3v) is 2.01. The molecule has 56 valence electrons. The Labute approximate surface area is 67.9 Å². The van der Waals surface area contributed by atoms with Gasteiger partial charge in [0.1, 0.15) is 0 Å². The molecule has 0 rings (SSSR count). The van der Waals surface area contributed by atoms with Crippen molar-refractivity contribution in [2.24, 2.45) is 0 Å². The van der Waals surface area contributed by atoms with Crippen LogP contribution in [0.5, 0.6) is 0 Å². The standard InChI is InChI=1S/C9H13Cl/c1-5-7(3)8(4)9(10)6-2/h5-6H,1H2,2-4H3/b8-7-,9-6+. The molecule has 0 aliphatic heterocycles. The van der Waals surface area contributed by atoms with Crippen LogP contribution in [0.2, 0.25) is 0 Å². The molecule has 0 spiro atoms. The van der Waals surface area contributed by atoms with Crippen LogP contribution in [-0.2, 0) is 0 Å². The van der Waals surface area contributed by atoms with Crippen molar-refractivity contribution in [3.63, 3.8) is 0 Å². The summed E-state index contributed by atoms with van der Waals surface area (Å²) in [5.41, 5.74) is 2.22. The Morgan fingerprint density at radius 3 is 2.20 bits per heavy atom. The van der Waals surface area contributed by atoms with E-state index in [0.29, 0.717) is 0 Å². The quantitative estimate of drug-likeness (QED) is 0.536. The molecule has 0 saturated carbocycles. The van der Waals surface area contributed by atoms with Crippen molar-refractivity contribution in [3.8, 4) is 0 Å². The minimum Gasteiger partial charge on any atom is -0.0988 e. The second kappa shape index (κ2) is 4.35. The maximum atomic E-state index is 5.84. The van der Waals surface area contributed by atoms with Crippen molar-refractivity contribution in [1.29, 1.82) is 0 Å². The minimum absolute atomic E-state index is 0.803. The Bertz CT molecular complexity index is 185.